The van der Waals surface area contributed by atoms with E-state index in [1.54, 1.807) is 37.6 Å². The summed E-state index contributed by atoms with van der Waals surface area (Å²) in [5.74, 6) is -0.323. The highest BCUT2D eigenvalue weighted by atomic mass is 16.2. The second-order valence-corrected chi connectivity index (χ2v) is 6.37. The number of aromatic nitrogens is 5. The summed E-state index contributed by atoms with van der Waals surface area (Å²) in [4.78, 5) is 31.2. The fourth-order valence-corrected chi connectivity index (χ4v) is 3.07. The molecule has 3 heterocycles. The van der Waals surface area contributed by atoms with E-state index in [4.69, 9.17) is 0 Å². The number of amides is 1. The number of pyridine rings is 1. The second-order valence-electron chi connectivity index (χ2n) is 6.37. The number of rotatable bonds is 5. The molecule has 0 saturated heterocycles. The average molecular weight is 374 g/mol. The largest absolute Gasteiger partial charge is 0.343 e. The molecular formula is C20H18N6O2. The molecule has 4 aromatic rings. The highest BCUT2D eigenvalue weighted by molar-refractivity contribution is 5.99. The van der Waals surface area contributed by atoms with Crippen LogP contribution < -0.4 is 10.9 Å². The lowest BCUT2D eigenvalue weighted by Crippen LogP contribution is -2.33. The van der Waals surface area contributed by atoms with Gasteiger partial charge in [-0.25, -0.2) is 4.98 Å². The maximum Gasteiger partial charge on any atom is 0.258 e. The normalized spacial score (nSPS) is 12.0. The van der Waals surface area contributed by atoms with E-state index in [1.807, 2.05) is 30.3 Å². The smallest absolute Gasteiger partial charge is 0.258 e. The third kappa shape index (κ3) is 3.52. The SMILES string of the molecule is Cc1cc(=O)n2cccc(C(=O)NC(Cn3nccn3)c3ccccc3)c2n1. The van der Waals surface area contributed by atoms with Crippen molar-refractivity contribution in [2.75, 3.05) is 0 Å². The third-order valence-electron chi connectivity index (χ3n) is 4.38. The van der Waals surface area contributed by atoms with Crippen molar-refractivity contribution in [1.82, 2.24) is 29.7 Å². The van der Waals surface area contributed by atoms with Gasteiger partial charge in [0.15, 0.2) is 5.65 Å². The van der Waals surface area contributed by atoms with Crippen molar-refractivity contribution in [2.45, 2.75) is 19.5 Å². The summed E-state index contributed by atoms with van der Waals surface area (Å²) in [5, 5.41) is 11.3. The lowest BCUT2D eigenvalue weighted by Gasteiger charge is -2.19. The zero-order valence-electron chi connectivity index (χ0n) is 15.2. The van der Waals surface area contributed by atoms with E-state index >= 15 is 0 Å². The summed E-state index contributed by atoms with van der Waals surface area (Å²) in [7, 11) is 0. The first-order valence-electron chi connectivity index (χ1n) is 8.81. The number of hydrogen-bond donors (Lipinski definition) is 1. The van der Waals surface area contributed by atoms with Crippen molar-refractivity contribution >= 4 is 11.6 Å². The van der Waals surface area contributed by atoms with E-state index in [0.717, 1.165) is 5.56 Å². The predicted molar refractivity (Wildman–Crippen MR) is 103 cm³/mol. The van der Waals surface area contributed by atoms with Gasteiger partial charge in [-0.05, 0) is 24.6 Å². The molecule has 0 saturated carbocycles. The van der Waals surface area contributed by atoms with E-state index < -0.39 is 0 Å². The van der Waals surface area contributed by atoms with Gasteiger partial charge >= 0.3 is 0 Å². The lowest BCUT2D eigenvalue weighted by atomic mass is 10.1. The molecule has 3 aromatic heterocycles. The zero-order valence-corrected chi connectivity index (χ0v) is 15.2. The Hall–Kier alpha value is -3.81. The van der Waals surface area contributed by atoms with Crippen LogP contribution in [0.25, 0.3) is 5.65 Å². The van der Waals surface area contributed by atoms with Gasteiger partial charge in [0.25, 0.3) is 11.5 Å². The highest BCUT2D eigenvalue weighted by Crippen LogP contribution is 2.16. The van der Waals surface area contributed by atoms with Crippen LogP contribution in [0.5, 0.6) is 0 Å². The van der Waals surface area contributed by atoms with Crippen molar-refractivity contribution in [3.05, 3.63) is 94.3 Å². The molecule has 1 aromatic carbocycles. The monoisotopic (exact) mass is 374 g/mol. The summed E-state index contributed by atoms with van der Waals surface area (Å²) >= 11 is 0. The van der Waals surface area contributed by atoms with Crippen LogP contribution in [0.15, 0.2) is 71.9 Å². The molecule has 0 aliphatic heterocycles. The Morgan fingerprint density at radius 2 is 1.86 bits per heavy atom. The van der Waals surface area contributed by atoms with Crippen molar-refractivity contribution < 1.29 is 4.79 Å². The lowest BCUT2D eigenvalue weighted by molar-refractivity contribution is 0.0932. The van der Waals surface area contributed by atoms with Crippen LogP contribution in [-0.4, -0.2) is 30.3 Å². The van der Waals surface area contributed by atoms with Crippen LogP contribution in [0.4, 0.5) is 0 Å². The van der Waals surface area contributed by atoms with E-state index in [1.165, 1.54) is 15.3 Å². The van der Waals surface area contributed by atoms with Crippen LogP contribution in [0.2, 0.25) is 0 Å². The Balaban J connectivity index is 1.70. The maximum absolute atomic E-state index is 13.1. The van der Waals surface area contributed by atoms with E-state index in [0.29, 0.717) is 23.4 Å². The van der Waals surface area contributed by atoms with E-state index in [9.17, 15) is 9.59 Å². The molecule has 0 spiro atoms. The molecule has 4 rings (SSSR count). The van der Waals surface area contributed by atoms with Crippen LogP contribution in [0.3, 0.4) is 0 Å². The van der Waals surface area contributed by atoms with Crippen LogP contribution in [-0.2, 0) is 6.54 Å². The topological polar surface area (TPSA) is 94.2 Å². The minimum atomic E-state index is -0.349. The summed E-state index contributed by atoms with van der Waals surface area (Å²) < 4.78 is 1.37. The molecule has 140 valence electrons. The Bertz CT molecular complexity index is 1170. The average Bonchev–Trinajstić information content (AvgIpc) is 3.21. The van der Waals surface area contributed by atoms with Gasteiger partial charge in [0, 0.05) is 18.0 Å². The second kappa shape index (κ2) is 7.43. The molecule has 28 heavy (non-hydrogen) atoms. The molecule has 0 aliphatic carbocycles. The van der Waals surface area contributed by atoms with Gasteiger partial charge in [-0.15, -0.1) is 0 Å². The van der Waals surface area contributed by atoms with E-state index in [-0.39, 0.29) is 17.5 Å². The molecule has 0 bridgehead atoms. The van der Waals surface area contributed by atoms with Crippen LogP contribution in [0.1, 0.15) is 27.7 Å². The zero-order chi connectivity index (χ0) is 19.5. The number of benzene rings is 1. The summed E-state index contributed by atoms with van der Waals surface area (Å²) in [6.07, 6.45) is 4.78. The predicted octanol–water partition coefficient (Wildman–Crippen LogP) is 1.77. The fraction of sp³-hybridized carbons (Fsp3) is 0.150. The van der Waals surface area contributed by atoms with Gasteiger partial charge in [-0.3, -0.25) is 14.0 Å². The minimum absolute atomic E-state index is 0.225. The van der Waals surface area contributed by atoms with Gasteiger partial charge < -0.3 is 5.32 Å². The van der Waals surface area contributed by atoms with Crippen LogP contribution >= 0.6 is 0 Å². The van der Waals surface area contributed by atoms with Crippen molar-refractivity contribution in [3.8, 4) is 0 Å². The van der Waals surface area contributed by atoms with Crippen LogP contribution in [0, 0.1) is 6.92 Å². The first kappa shape index (κ1) is 17.6. The van der Waals surface area contributed by atoms with Crippen molar-refractivity contribution in [2.24, 2.45) is 0 Å². The molecule has 0 aliphatic rings. The van der Waals surface area contributed by atoms with Gasteiger partial charge in [-0.2, -0.15) is 15.0 Å². The molecular weight excluding hydrogens is 356 g/mol. The number of carbonyl (C=O) groups excluding carboxylic acids is 1. The molecule has 1 atom stereocenters. The number of fused-ring (bicyclic) bond motifs is 1. The fourth-order valence-electron chi connectivity index (χ4n) is 3.07. The summed E-state index contributed by atoms with van der Waals surface area (Å²) in [5.41, 5.74) is 1.92. The number of nitrogens with zero attached hydrogens (tertiary/aromatic N) is 5. The Labute approximate surface area is 160 Å². The minimum Gasteiger partial charge on any atom is -0.343 e. The Kier molecular flexibility index (Phi) is 4.67. The molecule has 8 heteroatoms. The van der Waals surface area contributed by atoms with Crippen molar-refractivity contribution in [3.63, 3.8) is 0 Å². The van der Waals surface area contributed by atoms with Crippen molar-refractivity contribution in [1.29, 1.82) is 0 Å². The first-order valence-corrected chi connectivity index (χ1v) is 8.81. The van der Waals surface area contributed by atoms with Gasteiger partial charge in [0.1, 0.15) is 0 Å². The third-order valence-corrected chi connectivity index (χ3v) is 4.38. The number of carbonyl (C=O) groups is 1. The van der Waals surface area contributed by atoms with Gasteiger partial charge in [0.2, 0.25) is 0 Å². The molecule has 1 unspecified atom stereocenters. The molecule has 1 N–H and O–H groups in total. The molecule has 1 amide bonds. The van der Waals surface area contributed by atoms with Gasteiger partial charge in [0.05, 0.1) is 30.5 Å². The standard InChI is InChI=1S/C20H18N6O2/c1-14-12-18(27)25-11-5-8-16(19(25)23-14)20(28)24-17(13-26-21-9-10-22-26)15-6-3-2-4-7-15/h2-12,17H,13H2,1H3,(H,24,28). The Morgan fingerprint density at radius 1 is 1.11 bits per heavy atom. The number of nitrogens with one attached hydrogen (secondary N) is 1. The molecule has 8 nitrogen and oxygen atoms in total. The molecule has 0 fully saturated rings. The first-order chi connectivity index (χ1) is 13.6. The van der Waals surface area contributed by atoms with Gasteiger partial charge in [-0.1, -0.05) is 30.3 Å². The summed E-state index contributed by atoms with van der Waals surface area (Å²) in [6, 6.07) is 14.0. The number of hydrogen-bond acceptors (Lipinski definition) is 5. The Morgan fingerprint density at radius 3 is 2.61 bits per heavy atom. The highest BCUT2D eigenvalue weighted by Gasteiger charge is 2.19. The number of aryl methyl sites for hydroxylation is 1. The summed E-state index contributed by atoms with van der Waals surface area (Å²) in [6.45, 7) is 2.10. The maximum atomic E-state index is 13.1. The van der Waals surface area contributed by atoms with E-state index in [2.05, 4.69) is 20.5 Å². The quantitative estimate of drug-likeness (QED) is 0.574. The molecule has 0 radical (unpaired) electrons.